The molecule has 3 aromatic rings. The summed E-state index contributed by atoms with van der Waals surface area (Å²) >= 11 is 3.30. The van der Waals surface area contributed by atoms with Gasteiger partial charge in [0.25, 0.3) is 5.56 Å². The van der Waals surface area contributed by atoms with E-state index >= 15 is 0 Å². The first-order valence-corrected chi connectivity index (χ1v) is 9.80. The number of hydrogen-bond donors (Lipinski definition) is 1. The van der Waals surface area contributed by atoms with Gasteiger partial charge in [0, 0.05) is 42.2 Å². The third-order valence-corrected chi connectivity index (χ3v) is 5.22. The van der Waals surface area contributed by atoms with Gasteiger partial charge in [-0.3, -0.25) is 9.78 Å². The van der Waals surface area contributed by atoms with Crippen LogP contribution in [0.5, 0.6) is 5.75 Å². The van der Waals surface area contributed by atoms with Crippen molar-refractivity contribution in [2.75, 3.05) is 6.54 Å². The SMILES string of the molecule is Cc1cc(OC(CCN)c2ccc(F)cc2F)c(Br)c(=O)n1Cc1cccnc1. The Morgan fingerprint density at radius 2 is 2.07 bits per heavy atom. The quantitative estimate of drug-likeness (QED) is 0.572. The first-order chi connectivity index (χ1) is 13.9. The van der Waals surface area contributed by atoms with E-state index in [-0.39, 0.29) is 27.9 Å². The van der Waals surface area contributed by atoms with Crippen LogP contribution in [0.4, 0.5) is 8.78 Å². The summed E-state index contributed by atoms with van der Waals surface area (Å²) in [6.07, 6.45) is 2.90. The van der Waals surface area contributed by atoms with Gasteiger partial charge in [-0.1, -0.05) is 6.07 Å². The maximum Gasteiger partial charge on any atom is 0.269 e. The molecule has 152 valence electrons. The minimum atomic E-state index is -0.759. The van der Waals surface area contributed by atoms with Gasteiger partial charge in [-0.05, 0) is 53.2 Å². The predicted octanol–water partition coefficient (Wildman–Crippen LogP) is 4.11. The normalized spacial score (nSPS) is 12.0. The molecular formula is C21H20BrF2N3O2. The Kier molecular flexibility index (Phi) is 6.76. The first-order valence-electron chi connectivity index (χ1n) is 9.01. The second kappa shape index (κ2) is 9.28. The van der Waals surface area contributed by atoms with Crippen LogP contribution in [0.3, 0.4) is 0 Å². The van der Waals surface area contributed by atoms with Gasteiger partial charge in [0.1, 0.15) is 28.0 Å². The molecule has 0 aliphatic carbocycles. The minimum Gasteiger partial charge on any atom is -0.484 e. The lowest BCUT2D eigenvalue weighted by molar-refractivity contribution is 0.190. The number of hydrogen-bond acceptors (Lipinski definition) is 4. The lowest BCUT2D eigenvalue weighted by Gasteiger charge is -2.22. The summed E-state index contributed by atoms with van der Waals surface area (Å²) in [5.41, 5.74) is 7.10. The fraction of sp³-hybridized carbons (Fsp3) is 0.238. The molecule has 0 bridgehead atoms. The van der Waals surface area contributed by atoms with Crippen LogP contribution in [0, 0.1) is 18.6 Å². The second-order valence-corrected chi connectivity index (χ2v) is 7.36. The van der Waals surface area contributed by atoms with Crippen molar-refractivity contribution in [3.05, 3.63) is 92.1 Å². The van der Waals surface area contributed by atoms with Crippen molar-refractivity contribution in [3.63, 3.8) is 0 Å². The molecule has 0 saturated heterocycles. The van der Waals surface area contributed by atoms with E-state index in [1.165, 1.54) is 6.07 Å². The Labute approximate surface area is 175 Å². The molecular weight excluding hydrogens is 444 g/mol. The molecule has 2 N–H and O–H groups in total. The summed E-state index contributed by atoms with van der Waals surface area (Å²) < 4.78 is 35.3. The lowest BCUT2D eigenvalue weighted by atomic mass is 10.1. The minimum absolute atomic E-state index is 0.181. The highest BCUT2D eigenvalue weighted by molar-refractivity contribution is 9.10. The number of benzene rings is 1. The van der Waals surface area contributed by atoms with E-state index in [2.05, 4.69) is 20.9 Å². The standard InChI is InChI=1S/C21H20BrF2N3O2/c1-13-9-19(20(22)21(28)27(13)12-14-3-2-8-26-11-14)29-18(6-7-25)16-5-4-15(23)10-17(16)24/h2-5,8-11,18H,6-7,12,25H2,1H3. The van der Waals surface area contributed by atoms with Gasteiger partial charge in [0.15, 0.2) is 0 Å². The van der Waals surface area contributed by atoms with E-state index in [4.69, 9.17) is 10.5 Å². The van der Waals surface area contributed by atoms with Crippen LogP contribution in [-0.2, 0) is 6.54 Å². The smallest absolute Gasteiger partial charge is 0.269 e. The molecule has 29 heavy (non-hydrogen) atoms. The first kappa shape index (κ1) is 21.1. The van der Waals surface area contributed by atoms with Crippen molar-refractivity contribution in [1.82, 2.24) is 9.55 Å². The molecule has 1 aromatic carbocycles. The Bertz CT molecular complexity index is 1060. The van der Waals surface area contributed by atoms with Crippen LogP contribution >= 0.6 is 15.9 Å². The molecule has 1 atom stereocenters. The molecule has 0 aliphatic heterocycles. The molecule has 2 heterocycles. The van der Waals surface area contributed by atoms with Gasteiger partial charge in [0.2, 0.25) is 0 Å². The third-order valence-electron chi connectivity index (χ3n) is 4.49. The molecule has 5 nitrogen and oxygen atoms in total. The van der Waals surface area contributed by atoms with Crippen LogP contribution in [0.2, 0.25) is 0 Å². The number of pyridine rings is 2. The van der Waals surface area contributed by atoms with Gasteiger partial charge < -0.3 is 15.0 Å². The Balaban J connectivity index is 1.94. The van der Waals surface area contributed by atoms with Crippen LogP contribution in [0.1, 0.15) is 29.3 Å². The van der Waals surface area contributed by atoms with E-state index in [0.29, 0.717) is 18.7 Å². The number of ether oxygens (including phenoxy) is 1. The number of halogens is 3. The van der Waals surface area contributed by atoms with Crippen molar-refractivity contribution in [1.29, 1.82) is 0 Å². The Morgan fingerprint density at radius 1 is 1.28 bits per heavy atom. The molecule has 2 aromatic heterocycles. The summed E-state index contributed by atoms with van der Waals surface area (Å²) in [7, 11) is 0. The van der Waals surface area contributed by atoms with E-state index in [1.807, 2.05) is 6.07 Å². The summed E-state index contributed by atoms with van der Waals surface area (Å²) in [6, 6.07) is 8.68. The summed E-state index contributed by atoms with van der Waals surface area (Å²) in [5, 5.41) is 0. The summed E-state index contributed by atoms with van der Waals surface area (Å²) in [4.78, 5) is 16.9. The van der Waals surface area contributed by atoms with Crippen LogP contribution in [0.15, 0.2) is 58.1 Å². The second-order valence-electron chi connectivity index (χ2n) is 6.57. The fourth-order valence-corrected chi connectivity index (χ4v) is 3.44. The van der Waals surface area contributed by atoms with Crippen molar-refractivity contribution >= 4 is 15.9 Å². The van der Waals surface area contributed by atoms with E-state index < -0.39 is 17.7 Å². The molecule has 3 rings (SSSR count). The molecule has 1 unspecified atom stereocenters. The van der Waals surface area contributed by atoms with Crippen molar-refractivity contribution < 1.29 is 13.5 Å². The third kappa shape index (κ3) is 4.89. The number of nitrogens with zero attached hydrogens (tertiary/aromatic N) is 2. The molecule has 0 aliphatic rings. The van der Waals surface area contributed by atoms with E-state index in [1.54, 1.807) is 36.0 Å². The van der Waals surface area contributed by atoms with Gasteiger partial charge in [-0.25, -0.2) is 8.78 Å². The van der Waals surface area contributed by atoms with Crippen molar-refractivity contribution in [2.45, 2.75) is 26.0 Å². The predicted molar refractivity (Wildman–Crippen MR) is 110 cm³/mol. The zero-order chi connectivity index (χ0) is 21.0. The number of nitrogens with two attached hydrogens (primary N) is 1. The Morgan fingerprint density at radius 3 is 2.72 bits per heavy atom. The van der Waals surface area contributed by atoms with E-state index in [9.17, 15) is 13.6 Å². The molecule has 0 radical (unpaired) electrons. The topological polar surface area (TPSA) is 70.1 Å². The Hall–Kier alpha value is -2.58. The molecule has 0 fully saturated rings. The zero-order valence-corrected chi connectivity index (χ0v) is 17.3. The van der Waals surface area contributed by atoms with Crippen LogP contribution in [-0.4, -0.2) is 16.1 Å². The average molecular weight is 464 g/mol. The average Bonchev–Trinajstić information content (AvgIpc) is 2.70. The summed E-state index contributed by atoms with van der Waals surface area (Å²) in [5.74, 6) is -1.12. The van der Waals surface area contributed by atoms with Crippen molar-refractivity contribution in [3.8, 4) is 5.75 Å². The molecule has 8 heteroatoms. The highest BCUT2D eigenvalue weighted by atomic mass is 79.9. The maximum atomic E-state index is 14.2. The van der Waals surface area contributed by atoms with Gasteiger partial charge in [-0.2, -0.15) is 0 Å². The fourth-order valence-electron chi connectivity index (χ4n) is 3.02. The van der Waals surface area contributed by atoms with Gasteiger partial charge >= 0.3 is 0 Å². The van der Waals surface area contributed by atoms with Gasteiger partial charge in [-0.15, -0.1) is 0 Å². The number of aromatic nitrogens is 2. The maximum absolute atomic E-state index is 14.2. The summed E-state index contributed by atoms with van der Waals surface area (Å²) in [6.45, 7) is 2.37. The zero-order valence-electron chi connectivity index (χ0n) is 15.7. The van der Waals surface area contributed by atoms with E-state index in [0.717, 1.165) is 17.7 Å². The molecule has 0 amide bonds. The molecule has 0 saturated carbocycles. The van der Waals surface area contributed by atoms with Gasteiger partial charge in [0.05, 0.1) is 6.54 Å². The van der Waals surface area contributed by atoms with Crippen molar-refractivity contribution in [2.24, 2.45) is 5.73 Å². The monoisotopic (exact) mass is 463 g/mol. The highest BCUT2D eigenvalue weighted by Gasteiger charge is 2.21. The largest absolute Gasteiger partial charge is 0.484 e. The number of aryl methyl sites for hydroxylation is 1. The van der Waals surface area contributed by atoms with Crippen LogP contribution in [0.25, 0.3) is 0 Å². The lowest BCUT2D eigenvalue weighted by Crippen LogP contribution is -2.25. The molecule has 0 spiro atoms. The highest BCUT2D eigenvalue weighted by Crippen LogP contribution is 2.31. The number of rotatable bonds is 7. The van der Waals surface area contributed by atoms with Crippen LogP contribution < -0.4 is 16.0 Å².